The fourth-order valence-electron chi connectivity index (χ4n) is 2.75. The van der Waals surface area contributed by atoms with E-state index in [-0.39, 0.29) is 16.9 Å². The number of unbranched alkanes of at least 4 members (excludes halogenated alkanes) is 1. The lowest BCUT2D eigenvalue weighted by molar-refractivity contribution is -0.117. The summed E-state index contributed by atoms with van der Waals surface area (Å²) in [5.74, 6) is -0.144. The van der Waals surface area contributed by atoms with Crippen LogP contribution >= 0.6 is 12.2 Å². The van der Waals surface area contributed by atoms with Crippen molar-refractivity contribution < 1.29 is 19.1 Å². The number of hydrazine groups is 1. The number of thiocarbonyl (C=S) groups is 1. The number of ether oxygens (including phenoxy) is 1. The number of hydrogen-bond donors (Lipinski definition) is 4. The largest absolute Gasteiger partial charge is 0.494 e. The molecule has 3 amide bonds. The molecule has 32 heavy (non-hydrogen) atoms. The quantitative estimate of drug-likeness (QED) is 0.277. The zero-order valence-corrected chi connectivity index (χ0v) is 18.6. The molecule has 0 radical (unpaired) electrons. The summed E-state index contributed by atoms with van der Waals surface area (Å²) in [6.45, 7) is 2.66. The zero-order chi connectivity index (χ0) is 22.9. The molecule has 0 aliphatic heterocycles. The van der Waals surface area contributed by atoms with Crippen molar-refractivity contribution in [3.8, 4) is 5.75 Å². The molecule has 0 aromatic heterocycles. The second-order valence-electron chi connectivity index (χ2n) is 7.43. The van der Waals surface area contributed by atoms with E-state index in [9.17, 15) is 14.4 Å². The van der Waals surface area contributed by atoms with Gasteiger partial charge in [0.25, 0.3) is 11.8 Å². The highest BCUT2D eigenvalue weighted by atomic mass is 32.1. The van der Waals surface area contributed by atoms with Gasteiger partial charge in [0.05, 0.1) is 6.61 Å². The van der Waals surface area contributed by atoms with Gasteiger partial charge in [-0.25, -0.2) is 0 Å². The number of amides is 3. The highest BCUT2D eigenvalue weighted by Crippen LogP contribution is 2.30. The number of carbonyl (C=O) groups is 3. The molecular formula is C23H26N4O4S. The van der Waals surface area contributed by atoms with Crippen LogP contribution in [0.15, 0.2) is 48.5 Å². The lowest BCUT2D eigenvalue weighted by Gasteiger charge is -2.12. The summed E-state index contributed by atoms with van der Waals surface area (Å²) in [6.07, 6.45) is 3.80. The van der Waals surface area contributed by atoms with Gasteiger partial charge < -0.3 is 10.1 Å². The third-order valence-corrected chi connectivity index (χ3v) is 4.95. The van der Waals surface area contributed by atoms with Crippen LogP contribution in [0.5, 0.6) is 5.75 Å². The van der Waals surface area contributed by atoms with Crippen LogP contribution in [0.4, 0.5) is 5.69 Å². The lowest BCUT2D eigenvalue weighted by atomic mass is 10.2. The van der Waals surface area contributed by atoms with E-state index in [0.717, 1.165) is 25.7 Å². The average molecular weight is 455 g/mol. The maximum atomic E-state index is 12.4. The number of rotatable bonds is 8. The monoisotopic (exact) mass is 454 g/mol. The summed E-state index contributed by atoms with van der Waals surface area (Å²) >= 11 is 5.08. The van der Waals surface area contributed by atoms with E-state index in [4.69, 9.17) is 17.0 Å². The van der Waals surface area contributed by atoms with E-state index in [1.807, 2.05) is 0 Å². The normalized spacial score (nSPS) is 12.4. The third-order valence-electron chi connectivity index (χ3n) is 4.74. The molecule has 2 aromatic rings. The summed E-state index contributed by atoms with van der Waals surface area (Å²) in [6, 6.07) is 13.3. The Balaban J connectivity index is 1.44. The summed E-state index contributed by atoms with van der Waals surface area (Å²) in [7, 11) is 0. The number of carbonyl (C=O) groups excluding carboxylic acids is 3. The molecule has 1 aliphatic rings. The first kappa shape index (κ1) is 23.2. The topological polar surface area (TPSA) is 109 Å². The van der Waals surface area contributed by atoms with E-state index < -0.39 is 11.8 Å². The summed E-state index contributed by atoms with van der Waals surface area (Å²) in [4.78, 5) is 36.4. The van der Waals surface area contributed by atoms with Gasteiger partial charge in [0.15, 0.2) is 5.11 Å². The predicted octanol–water partition coefficient (Wildman–Crippen LogP) is 3.16. The first-order valence-corrected chi connectivity index (χ1v) is 10.9. The molecule has 4 N–H and O–H groups in total. The highest BCUT2D eigenvalue weighted by molar-refractivity contribution is 7.80. The molecule has 0 spiro atoms. The van der Waals surface area contributed by atoms with Gasteiger partial charge in [-0.05, 0) is 73.9 Å². The molecule has 0 atom stereocenters. The fraction of sp³-hybridized carbons (Fsp3) is 0.304. The third kappa shape index (κ3) is 7.05. The first-order valence-electron chi connectivity index (χ1n) is 10.5. The van der Waals surface area contributed by atoms with Crippen LogP contribution in [0.3, 0.4) is 0 Å². The Morgan fingerprint density at radius 2 is 1.75 bits per heavy atom. The van der Waals surface area contributed by atoms with Gasteiger partial charge in [0.2, 0.25) is 5.91 Å². The molecule has 0 heterocycles. The van der Waals surface area contributed by atoms with E-state index in [1.165, 1.54) is 0 Å². The van der Waals surface area contributed by atoms with Crippen LogP contribution in [0.1, 0.15) is 53.3 Å². The smallest absolute Gasteiger partial charge is 0.269 e. The van der Waals surface area contributed by atoms with E-state index in [1.54, 1.807) is 48.5 Å². The second kappa shape index (κ2) is 11.2. The number of benzene rings is 2. The number of hydrogen-bond acceptors (Lipinski definition) is 5. The minimum Gasteiger partial charge on any atom is -0.494 e. The molecule has 0 bridgehead atoms. The first-order chi connectivity index (χ1) is 15.5. The SMILES string of the molecule is CCCCOc1cccc(C(=O)NC(=S)NNC(=O)c2ccc(NC(=O)C3CC3)cc2)c1. The molecular weight excluding hydrogens is 428 g/mol. The van der Waals surface area contributed by atoms with Crippen molar-refractivity contribution in [1.82, 2.24) is 16.2 Å². The van der Waals surface area contributed by atoms with Gasteiger partial charge in [-0.1, -0.05) is 19.4 Å². The van der Waals surface area contributed by atoms with Gasteiger partial charge in [-0.15, -0.1) is 0 Å². The molecule has 3 rings (SSSR count). The van der Waals surface area contributed by atoms with Crippen molar-refractivity contribution in [3.63, 3.8) is 0 Å². The Hall–Kier alpha value is -3.46. The van der Waals surface area contributed by atoms with Crippen molar-refractivity contribution in [1.29, 1.82) is 0 Å². The van der Waals surface area contributed by atoms with Crippen molar-refractivity contribution in [2.75, 3.05) is 11.9 Å². The van der Waals surface area contributed by atoms with Gasteiger partial charge in [0.1, 0.15) is 5.75 Å². The van der Waals surface area contributed by atoms with Crippen molar-refractivity contribution in [2.24, 2.45) is 5.92 Å². The van der Waals surface area contributed by atoms with Crippen molar-refractivity contribution in [3.05, 3.63) is 59.7 Å². The van der Waals surface area contributed by atoms with Gasteiger partial charge in [-0.2, -0.15) is 0 Å². The molecule has 8 nitrogen and oxygen atoms in total. The minimum atomic E-state index is -0.437. The Kier molecular flexibility index (Phi) is 8.15. The average Bonchev–Trinajstić information content (AvgIpc) is 3.64. The predicted molar refractivity (Wildman–Crippen MR) is 125 cm³/mol. The van der Waals surface area contributed by atoms with E-state index in [2.05, 4.69) is 28.4 Å². The van der Waals surface area contributed by atoms with Gasteiger partial charge in [0, 0.05) is 22.7 Å². The maximum absolute atomic E-state index is 12.4. The molecule has 1 aliphatic carbocycles. The Labute approximate surface area is 192 Å². The molecule has 1 fully saturated rings. The van der Waals surface area contributed by atoms with Crippen LogP contribution in [0.25, 0.3) is 0 Å². The highest BCUT2D eigenvalue weighted by Gasteiger charge is 2.29. The van der Waals surface area contributed by atoms with Gasteiger partial charge in [-0.3, -0.25) is 30.6 Å². The summed E-state index contributed by atoms with van der Waals surface area (Å²) in [5.41, 5.74) is 6.33. The van der Waals surface area contributed by atoms with Crippen LogP contribution in [-0.4, -0.2) is 29.4 Å². The summed E-state index contributed by atoms with van der Waals surface area (Å²) in [5, 5.41) is 5.27. The molecule has 0 unspecified atom stereocenters. The van der Waals surface area contributed by atoms with E-state index >= 15 is 0 Å². The number of anilines is 1. The van der Waals surface area contributed by atoms with E-state index in [0.29, 0.717) is 29.2 Å². The Bertz CT molecular complexity index is 990. The molecule has 168 valence electrons. The Morgan fingerprint density at radius 3 is 2.44 bits per heavy atom. The lowest BCUT2D eigenvalue weighted by Crippen LogP contribution is -2.48. The zero-order valence-electron chi connectivity index (χ0n) is 17.8. The van der Waals surface area contributed by atoms with Gasteiger partial charge >= 0.3 is 0 Å². The second-order valence-corrected chi connectivity index (χ2v) is 7.84. The van der Waals surface area contributed by atoms with Crippen LogP contribution in [0, 0.1) is 5.92 Å². The molecule has 9 heteroatoms. The fourth-order valence-corrected chi connectivity index (χ4v) is 2.89. The standard InChI is InChI=1S/C23H26N4O4S/c1-2-3-13-31-19-6-4-5-17(14-19)21(29)25-23(32)27-26-22(30)16-9-11-18(12-10-16)24-20(28)15-7-8-15/h4-6,9-12,14-15H,2-3,7-8,13H2,1H3,(H,24,28)(H,26,30)(H2,25,27,29,32). The number of nitrogens with one attached hydrogen (secondary N) is 4. The Morgan fingerprint density at radius 1 is 1.00 bits per heavy atom. The summed E-state index contributed by atoms with van der Waals surface area (Å²) < 4.78 is 5.61. The minimum absolute atomic E-state index is 0.00279. The molecule has 1 saturated carbocycles. The van der Waals surface area contributed by atoms with Crippen molar-refractivity contribution >= 4 is 40.7 Å². The maximum Gasteiger partial charge on any atom is 0.269 e. The molecule has 2 aromatic carbocycles. The molecule has 0 saturated heterocycles. The van der Waals surface area contributed by atoms with Crippen LogP contribution < -0.4 is 26.2 Å². The van der Waals surface area contributed by atoms with Crippen molar-refractivity contribution in [2.45, 2.75) is 32.6 Å². The van der Waals surface area contributed by atoms with Crippen LogP contribution in [-0.2, 0) is 4.79 Å². The van der Waals surface area contributed by atoms with Crippen LogP contribution in [0.2, 0.25) is 0 Å².